The number of hydrogen-bond acceptors (Lipinski definition) is 4. The van der Waals surface area contributed by atoms with Gasteiger partial charge in [0.25, 0.3) is 5.69 Å². The molecule has 2 rings (SSSR count). The summed E-state index contributed by atoms with van der Waals surface area (Å²) in [5, 5.41) is 11.0. The second kappa shape index (κ2) is 7.19. The van der Waals surface area contributed by atoms with E-state index in [2.05, 4.69) is 15.9 Å². The second-order valence-corrected chi connectivity index (χ2v) is 5.76. The standard InChI is InChI=1S/C17H14BrNO4/c1-11-3-4-12(10-15(11)19(21)22)16(20)7-5-13-9-14(18)6-8-17(13)23-2/h3-10H,1-2H3. The summed E-state index contributed by atoms with van der Waals surface area (Å²) in [7, 11) is 1.55. The zero-order valence-corrected chi connectivity index (χ0v) is 14.2. The van der Waals surface area contributed by atoms with Crippen LogP contribution >= 0.6 is 15.9 Å². The lowest BCUT2D eigenvalue weighted by Crippen LogP contribution is -1.98. The largest absolute Gasteiger partial charge is 0.496 e. The smallest absolute Gasteiger partial charge is 0.273 e. The first-order valence-electron chi connectivity index (χ1n) is 6.73. The van der Waals surface area contributed by atoms with Crippen molar-refractivity contribution in [3.63, 3.8) is 0 Å². The minimum Gasteiger partial charge on any atom is -0.496 e. The normalized spacial score (nSPS) is 10.7. The molecule has 5 nitrogen and oxygen atoms in total. The van der Waals surface area contributed by atoms with Gasteiger partial charge >= 0.3 is 0 Å². The first-order valence-corrected chi connectivity index (χ1v) is 7.52. The van der Waals surface area contributed by atoms with Crippen molar-refractivity contribution in [1.82, 2.24) is 0 Å². The molecule has 0 fully saturated rings. The Bertz CT molecular complexity index is 799. The molecule has 0 aliphatic carbocycles. The third kappa shape index (κ3) is 4.04. The highest BCUT2D eigenvalue weighted by molar-refractivity contribution is 9.10. The summed E-state index contributed by atoms with van der Waals surface area (Å²) in [5.74, 6) is 0.322. The van der Waals surface area contributed by atoms with E-state index < -0.39 is 4.92 Å². The van der Waals surface area contributed by atoms with Crippen LogP contribution in [0.25, 0.3) is 6.08 Å². The van der Waals surface area contributed by atoms with Crippen molar-refractivity contribution < 1.29 is 14.5 Å². The minimum atomic E-state index is -0.493. The maximum atomic E-state index is 12.2. The summed E-state index contributed by atoms with van der Waals surface area (Å²) in [5.41, 5.74) is 1.46. The molecule has 0 aromatic heterocycles. The number of methoxy groups -OCH3 is 1. The van der Waals surface area contributed by atoms with Crippen LogP contribution in [0.5, 0.6) is 5.75 Å². The van der Waals surface area contributed by atoms with Crippen LogP contribution in [0.15, 0.2) is 46.9 Å². The molecule has 0 aliphatic rings. The lowest BCUT2D eigenvalue weighted by molar-refractivity contribution is -0.385. The number of nitro groups is 1. The highest BCUT2D eigenvalue weighted by atomic mass is 79.9. The first kappa shape index (κ1) is 16.9. The number of ketones is 1. The van der Waals surface area contributed by atoms with Crippen LogP contribution in [0.3, 0.4) is 0 Å². The molecular formula is C17H14BrNO4. The number of hydrogen-bond donors (Lipinski definition) is 0. The molecule has 2 aromatic rings. The maximum absolute atomic E-state index is 12.2. The molecule has 0 saturated carbocycles. The number of allylic oxidation sites excluding steroid dienone is 1. The Morgan fingerprint density at radius 3 is 2.65 bits per heavy atom. The van der Waals surface area contributed by atoms with Gasteiger partial charge in [-0.2, -0.15) is 0 Å². The molecule has 0 radical (unpaired) electrons. The number of nitrogens with zero attached hydrogens (tertiary/aromatic N) is 1. The summed E-state index contributed by atoms with van der Waals surface area (Å²) in [6, 6.07) is 9.87. The SMILES string of the molecule is COc1ccc(Br)cc1C=CC(=O)c1ccc(C)c([N+](=O)[O-])c1. The Morgan fingerprint density at radius 2 is 2.00 bits per heavy atom. The van der Waals surface area contributed by atoms with Crippen molar-refractivity contribution in [3.05, 3.63) is 73.8 Å². The van der Waals surface area contributed by atoms with E-state index in [1.807, 2.05) is 12.1 Å². The number of aryl methyl sites for hydroxylation is 1. The highest BCUT2D eigenvalue weighted by Gasteiger charge is 2.13. The number of rotatable bonds is 5. The molecule has 0 heterocycles. The van der Waals surface area contributed by atoms with Crippen LogP contribution in [-0.2, 0) is 0 Å². The molecule has 0 amide bonds. The van der Waals surface area contributed by atoms with Gasteiger partial charge in [0.15, 0.2) is 5.78 Å². The summed E-state index contributed by atoms with van der Waals surface area (Å²) in [4.78, 5) is 22.7. The summed E-state index contributed by atoms with van der Waals surface area (Å²) in [6.07, 6.45) is 3.00. The monoisotopic (exact) mass is 375 g/mol. The predicted octanol–water partition coefficient (Wildman–Crippen LogP) is 4.57. The maximum Gasteiger partial charge on any atom is 0.273 e. The number of benzene rings is 2. The van der Waals surface area contributed by atoms with Gasteiger partial charge in [0.2, 0.25) is 0 Å². The number of nitro benzene ring substituents is 1. The summed E-state index contributed by atoms with van der Waals surface area (Å²) >= 11 is 3.36. The Balaban J connectivity index is 2.31. The van der Waals surface area contributed by atoms with Crippen molar-refractivity contribution in [2.75, 3.05) is 7.11 Å². The van der Waals surface area contributed by atoms with Gasteiger partial charge in [0.05, 0.1) is 12.0 Å². The van der Waals surface area contributed by atoms with Crippen LogP contribution in [0, 0.1) is 17.0 Å². The van der Waals surface area contributed by atoms with E-state index >= 15 is 0 Å². The minimum absolute atomic E-state index is 0.0655. The number of carbonyl (C=O) groups is 1. The quantitative estimate of drug-likeness (QED) is 0.332. The fraction of sp³-hybridized carbons (Fsp3) is 0.118. The summed E-state index contributed by atoms with van der Waals surface area (Å²) < 4.78 is 6.09. The molecule has 2 aromatic carbocycles. The van der Waals surface area contributed by atoms with Crippen LogP contribution in [-0.4, -0.2) is 17.8 Å². The third-order valence-corrected chi connectivity index (χ3v) is 3.79. The van der Waals surface area contributed by atoms with Gasteiger partial charge in [-0.25, -0.2) is 0 Å². The van der Waals surface area contributed by atoms with Gasteiger partial charge in [-0.15, -0.1) is 0 Å². The lowest BCUT2D eigenvalue weighted by atomic mass is 10.1. The van der Waals surface area contributed by atoms with Crippen molar-refractivity contribution in [2.24, 2.45) is 0 Å². The highest BCUT2D eigenvalue weighted by Crippen LogP contribution is 2.25. The van der Waals surface area contributed by atoms with E-state index in [-0.39, 0.29) is 17.0 Å². The topological polar surface area (TPSA) is 69.4 Å². The van der Waals surface area contributed by atoms with Gasteiger partial charge < -0.3 is 4.74 Å². The molecule has 118 valence electrons. The molecule has 0 saturated heterocycles. The van der Waals surface area contributed by atoms with E-state index in [0.29, 0.717) is 11.3 Å². The Kier molecular flexibility index (Phi) is 5.28. The fourth-order valence-electron chi connectivity index (χ4n) is 2.06. The van der Waals surface area contributed by atoms with Crippen molar-refractivity contribution in [1.29, 1.82) is 0 Å². The molecule has 0 bridgehead atoms. The summed E-state index contributed by atoms with van der Waals surface area (Å²) in [6.45, 7) is 1.63. The zero-order valence-electron chi connectivity index (χ0n) is 12.6. The van der Waals surface area contributed by atoms with E-state index in [1.165, 1.54) is 12.1 Å². The van der Waals surface area contributed by atoms with E-state index in [9.17, 15) is 14.9 Å². The average molecular weight is 376 g/mol. The molecule has 6 heteroatoms. The van der Waals surface area contributed by atoms with E-state index in [1.54, 1.807) is 38.3 Å². The molecule has 0 spiro atoms. The van der Waals surface area contributed by atoms with Gasteiger partial charge in [0, 0.05) is 27.2 Å². The molecule has 23 heavy (non-hydrogen) atoms. The Morgan fingerprint density at radius 1 is 1.26 bits per heavy atom. The number of carbonyl (C=O) groups excluding carboxylic acids is 1. The Hall–Kier alpha value is -2.47. The van der Waals surface area contributed by atoms with Gasteiger partial charge in [-0.3, -0.25) is 14.9 Å². The van der Waals surface area contributed by atoms with E-state index in [4.69, 9.17) is 4.74 Å². The van der Waals surface area contributed by atoms with Crippen molar-refractivity contribution >= 4 is 33.5 Å². The lowest BCUT2D eigenvalue weighted by Gasteiger charge is -2.05. The van der Waals surface area contributed by atoms with Crippen molar-refractivity contribution in [3.8, 4) is 5.75 Å². The molecule has 0 unspecified atom stereocenters. The molecule has 0 aliphatic heterocycles. The molecule has 0 atom stereocenters. The van der Waals surface area contributed by atoms with Crippen molar-refractivity contribution in [2.45, 2.75) is 6.92 Å². The third-order valence-electron chi connectivity index (χ3n) is 3.30. The molecular weight excluding hydrogens is 362 g/mol. The van der Waals surface area contributed by atoms with Gasteiger partial charge in [-0.1, -0.05) is 28.1 Å². The Labute approximate surface area is 141 Å². The van der Waals surface area contributed by atoms with Gasteiger partial charge in [-0.05, 0) is 37.3 Å². The molecule has 0 N–H and O–H groups in total. The number of ether oxygens (including phenoxy) is 1. The number of halogens is 1. The van der Waals surface area contributed by atoms with Crippen LogP contribution in [0.4, 0.5) is 5.69 Å². The average Bonchev–Trinajstić information content (AvgIpc) is 2.52. The predicted molar refractivity (Wildman–Crippen MR) is 91.9 cm³/mol. The zero-order chi connectivity index (χ0) is 17.0. The van der Waals surface area contributed by atoms with Crippen LogP contribution in [0.1, 0.15) is 21.5 Å². The first-order chi connectivity index (χ1) is 10.9. The van der Waals surface area contributed by atoms with E-state index in [0.717, 1.165) is 10.0 Å². The van der Waals surface area contributed by atoms with Crippen LogP contribution < -0.4 is 4.74 Å². The van der Waals surface area contributed by atoms with Gasteiger partial charge in [0.1, 0.15) is 5.75 Å². The second-order valence-electron chi connectivity index (χ2n) is 4.84. The van der Waals surface area contributed by atoms with Crippen LogP contribution in [0.2, 0.25) is 0 Å². The fourth-order valence-corrected chi connectivity index (χ4v) is 2.44.